The van der Waals surface area contributed by atoms with Crippen LogP contribution in [0.3, 0.4) is 0 Å². The summed E-state index contributed by atoms with van der Waals surface area (Å²) in [5.74, 6) is 1.44. The summed E-state index contributed by atoms with van der Waals surface area (Å²) >= 11 is 0. The number of methoxy groups -OCH3 is 2. The molecule has 1 aliphatic rings. The van der Waals surface area contributed by atoms with E-state index in [0.29, 0.717) is 31.0 Å². The molecule has 0 aromatic heterocycles. The van der Waals surface area contributed by atoms with Crippen molar-refractivity contribution < 1.29 is 19.1 Å². The Labute approximate surface area is 143 Å². The summed E-state index contributed by atoms with van der Waals surface area (Å²) in [6.07, 6.45) is 0.466. The number of rotatable bonds is 5. The summed E-state index contributed by atoms with van der Waals surface area (Å²) in [5, 5.41) is 0. The topological polar surface area (TPSA) is 59.1 Å². The Morgan fingerprint density at radius 3 is 2.46 bits per heavy atom. The summed E-state index contributed by atoms with van der Waals surface area (Å²) < 4.78 is 10.5. The van der Waals surface area contributed by atoms with Crippen molar-refractivity contribution in [2.45, 2.75) is 33.2 Å². The van der Waals surface area contributed by atoms with Crippen molar-refractivity contribution in [2.75, 3.05) is 32.2 Å². The number of piperazine rings is 1. The van der Waals surface area contributed by atoms with Crippen molar-refractivity contribution in [2.24, 2.45) is 5.92 Å². The summed E-state index contributed by atoms with van der Waals surface area (Å²) in [6.45, 7) is 6.80. The first kappa shape index (κ1) is 18.1. The van der Waals surface area contributed by atoms with Crippen molar-refractivity contribution in [1.29, 1.82) is 0 Å². The third-order valence-electron chi connectivity index (χ3n) is 4.24. The Kier molecular flexibility index (Phi) is 5.70. The molecule has 1 aromatic carbocycles. The van der Waals surface area contributed by atoms with E-state index in [1.165, 1.54) is 0 Å². The third kappa shape index (κ3) is 3.63. The zero-order chi connectivity index (χ0) is 17.9. The molecule has 1 saturated heterocycles. The molecule has 0 bridgehead atoms. The van der Waals surface area contributed by atoms with Gasteiger partial charge in [-0.2, -0.15) is 0 Å². The first-order valence-corrected chi connectivity index (χ1v) is 8.22. The van der Waals surface area contributed by atoms with Gasteiger partial charge in [0.1, 0.15) is 6.04 Å². The van der Waals surface area contributed by atoms with Crippen LogP contribution in [0.25, 0.3) is 0 Å². The van der Waals surface area contributed by atoms with Gasteiger partial charge in [-0.05, 0) is 25.0 Å². The Morgan fingerprint density at radius 2 is 1.88 bits per heavy atom. The number of hydrogen-bond acceptors (Lipinski definition) is 4. The predicted molar refractivity (Wildman–Crippen MR) is 92.5 cm³/mol. The molecule has 0 radical (unpaired) electrons. The molecule has 1 aliphatic heterocycles. The van der Waals surface area contributed by atoms with Crippen LogP contribution in [0.4, 0.5) is 5.69 Å². The second-order valence-corrected chi connectivity index (χ2v) is 6.39. The van der Waals surface area contributed by atoms with E-state index >= 15 is 0 Å². The molecule has 0 N–H and O–H groups in total. The maximum Gasteiger partial charge on any atom is 0.249 e. The molecule has 0 aliphatic carbocycles. The highest BCUT2D eigenvalue weighted by molar-refractivity contribution is 6.00. The highest BCUT2D eigenvalue weighted by Crippen LogP contribution is 2.32. The van der Waals surface area contributed by atoms with Gasteiger partial charge in [-0.15, -0.1) is 0 Å². The predicted octanol–water partition coefficient (Wildman–Crippen LogP) is 2.31. The smallest absolute Gasteiger partial charge is 0.249 e. The number of ether oxygens (including phenoxy) is 2. The molecule has 2 rings (SSSR count). The molecule has 1 aromatic rings. The van der Waals surface area contributed by atoms with Gasteiger partial charge in [-0.25, -0.2) is 0 Å². The SMILES string of the molecule is COc1ccc(N2CCN(C(=O)CC(C)C)C(C)C2=O)cc1OC. The van der Waals surface area contributed by atoms with Crippen LogP contribution in [-0.4, -0.2) is 50.1 Å². The summed E-state index contributed by atoms with van der Waals surface area (Å²) in [7, 11) is 3.14. The zero-order valence-electron chi connectivity index (χ0n) is 15.0. The van der Waals surface area contributed by atoms with Crippen LogP contribution in [-0.2, 0) is 9.59 Å². The number of benzene rings is 1. The molecule has 132 valence electrons. The third-order valence-corrected chi connectivity index (χ3v) is 4.24. The van der Waals surface area contributed by atoms with E-state index in [1.807, 2.05) is 19.9 Å². The lowest BCUT2D eigenvalue weighted by Crippen LogP contribution is -2.57. The average molecular weight is 334 g/mol. The molecule has 24 heavy (non-hydrogen) atoms. The normalized spacial score (nSPS) is 18.1. The van der Waals surface area contributed by atoms with Gasteiger partial charge < -0.3 is 19.3 Å². The Hall–Kier alpha value is -2.24. The van der Waals surface area contributed by atoms with Crippen LogP contribution >= 0.6 is 0 Å². The lowest BCUT2D eigenvalue weighted by molar-refractivity contribution is -0.141. The zero-order valence-corrected chi connectivity index (χ0v) is 15.0. The monoisotopic (exact) mass is 334 g/mol. The largest absolute Gasteiger partial charge is 0.493 e. The molecule has 6 nitrogen and oxygen atoms in total. The highest BCUT2D eigenvalue weighted by Gasteiger charge is 2.35. The van der Waals surface area contributed by atoms with E-state index in [9.17, 15) is 9.59 Å². The summed E-state index contributed by atoms with van der Waals surface area (Å²) in [4.78, 5) is 28.4. The van der Waals surface area contributed by atoms with Crippen LogP contribution in [0.2, 0.25) is 0 Å². The van der Waals surface area contributed by atoms with Crippen molar-refractivity contribution in [3.05, 3.63) is 18.2 Å². The van der Waals surface area contributed by atoms with Crippen molar-refractivity contribution in [3.8, 4) is 11.5 Å². The number of amides is 2. The molecule has 1 unspecified atom stereocenters. The molecule has 6 heteroatoms. The first-order valence-electron chi connectivity index (χ1n) is 8.22. The van der Waals surface area contributed by atoms with Gasteiger partial charge in [0.05, 0.1) is 14.2 Å². The van der Waals surface area contributed by atoms with Crippen LogP contribution in [0, 0.1) is 5.92 Å². The van der Waals surface area contributed by atoms with Crippen LogP contribution in [0.5, 0.6) is 11.5 Å². The van der Waals surface area contributed by atoms with E-state index < -0.39 is 6.04 Å². The van der Waals surface area contributed by atoms with Gasteiger partial charge in [0.25, 0.3) is 0 Å². The Morgan fingerprint density at radius 1 is 1.21 bits per heavy atom. The molecule has 2 amide bonds. The quantitative estimate of drug-likeness (QED) is 0.829. The lowest BCUT2D eigenvalue weighted by Gasteiger charge is -2.39. The first-order chi connectivity index (χ1) is 11.4. The summed E-state index contributed by atoms with van der Waals surface area (Å²) in [6, 6.07) is 4.94. The number of carbonyl (C=O) groups is 2. The molecule has 1 atom stereocenters. The van der Waals surface area contributed by atoms with Crippen LogP contribution < -0.4 is 14.4 Å². The van der Waals surface area contributed by atoms with Crippen molar-refractivity contribution >= 4 is 17.5 Å². The summed E-state index contributed by atoms with van der Waals surface area (Å²) in [5.41, 5.74) is 0.750. The second-order valence-electron chi connectivity index (χ2n) is 6.39. The van der Waals surface area contributed by atoms with E-state index in [1.54, 1.807) is 43.1 Å². The number of hydrogen-bond donors (Lipinski definition) is 0. The molecular formula is C18H26N2O4. The maximum atomic E-state index is 12.7. The molecule has 1 heterocycles. The van der Waals surface area contributed by atoms with Gasteiger partial charge in [-0.3, -0.25) is 9.59 Å². The highest BCUT2D eigenvalue weighted by atomic mass is 16.5. The molecular weight excluding hydrogens is 308 g/mol. The van der Waals surface area contributed by atoms with Crippen LogP contribution in [0.1, 0.15) is 27.2 Å². The van der Waals surface area contributed by atoms with Gasteiger partial charge in [-0.1, -0.05) is 13.8 Å². The number of carbonyl (C=O) groups excluding carboxylic acids is 2. The molecule has 0 spiro atoms. The fourth-order valence-corrected chi connectivity index (χ4v) is 2.93. The number of nitrogens with zero attached hydrogens (tertiary/aromatic N) is 2. The van der Waals surface area contributed by atoms with Gasteiger partial charge >= 0.3 is 0 Å². The lowest BCUT2D eigenvalue weighted by atomic mass is 10.1. The Bertz CT molecular complexity index is 615. The van der Waals surface area contributed by atoms with E-state index in [0.717, 1.165) is 5.69 Å². The Balaban J connectivity index is 2.18. The van der Waals surface area contributed by atoms with E-state index in [-0.39, 0.29) is 17.7 Å². The van der Waals surface area contributed by atoms with Crippen molar-refractivity contribution in [1.82, 2.24) is 4.90 Å². The van der Waals surface area contributed by atoms with E-state index in [4.69, 9.17) is 9.47 Å². The minimum absolute atomic E-state index is 0.0396. The van der Waals surface area contributed by atoms with Crippen molar-refractivity contribution in [3.63, 3.8) is 0 Å². The average Bonchev–Trinajstić information content (AvgIpc) is 2.55. The van der Waals surface area contributed by atoms with Gasteiger partial charge in [0, 0.05) is 31.3 Å². The number of anilines is 1. The van der Waals surface area contributed by atoms with Gasteiger partial charge in [0.15, 0.2) is 11.5 Å². The van der Waals surface area contributed by atoms with Crippen LogP contribution in [0.15, 0.2) is 18.2 Å². The molecule has 1 fully saturated rings. The van der Waals surface area contributed by atoms with Gasteiger partial charge in [0.2, 0.25) is 11.8 Å². The van der Waals surface area contributed by atoms with E-state index in [2.05, 4.69) is 0 Å². The fourth-order valence-electron chi connectivity index (χ4n) is 2.93. The minimum Gasteiger partial charge on any atom is -0.493 e. The second kappa shape index (κ2) is 7.55. The standard InChI is InChI=1S/C18H26N2O4/c1-12(2)10-17(21)19-8-9-20(18(22)13(19)3)14-6-7-15(23-4)16(11-14)24-5/h6-7,11-13H,8-10H2,1-5H3. The molecule has 0 saturated carbocycles. The maximum absolute atomic E-state index is 12.7. The fraction of sp³-hybridized carbons (Fsp3) is 0.556. The minimum atomic E-state index is -0.460.